The number of ether oxygens (including phenoxy) is 1. The summed E-state index contributed by atoms with van der Waals surface area (Å²) in [4.78, 5) is 11.8. The minimum absolute atomic E-state index is 0.131. The lowest BCUT2D eigenvalue weighted by Gasteiger charge is -2.22. The molecule has 0 fully saturated rings. The molecule has 5 heteroatoms. The molecule has 0 heterocycles. The molecule has 5 nitrogen and oxygen atoms in total. The fourth-order valence-electron chi connectivity index (χ4n) is 2.02. The third-order valence-electron chi connectivity index (χ3n) is 3.23. The summed E-state index contributed by atoms with van der Waals surface area (Å²) < 4.78 is 5.07. The van der Waals surface area contributed by atoms with Crippen LogP contribution in [0.15, 0.2) is 60.7 Å². The van der Waals surface area contributed by atoms with E-state index in [1.807, 2.05) is 36.4 Å². The van der Waals surface area contributed by atoms with Crippen molar-refractivity contribution in [2.75, 3.05) is 6.61 Å². The molecule has 2 rings (SSSR count). The number of rotatable bonds is 6. The van der Waals surface area contributed by atoms with Gasteiger partial charge in [-0.05, 0) is 11.1 Å². The maximum Gasteiger partial charge on any atom is 0.407 e. The first-order chi connectivity index (χ1) is 10.7. The first kappa shape index (κ1) is 16.0. The van der Waals surface area contributed by atoms with E-state index in [9.17, 15) is 15.0 Å². The Hall–Kier alpha value is -2.37. The van der Waals surface area contributed by atoms with Crippen molar-refractivity contribution in [2.24, 2.45) is 0 Å². The van der Waals surface area contributed by atoms with Crippen LogP contribution in [0.1, 0.15) is 17.2 Å². The highest BCUT2D eigenvalue weighted by molar-refractivity contribution is 5.67. The van der Waals surface area contributed by atoms with Crippen molar-refractivity contribution in [3.05, 3.63) is 71.8 Å². The molecule has 0 aliphatic carbocycles. The van der Waals surface area contributed by atoms with Crippen molar-refractivity contribution in [1.82, 2.24) is 5.32 Å². The lowest BCUT2D eigenvalue weighted by atomic mass is 10.0. The van der Waals surface area contributed by atoms with E-state index in [1.165, 1.54) is 0 Å². The van der Waals surface area contributed by atoms with Gasteiger partial charge < -0.3 is 20.3 Å². The van der Waals surface area contributed by atoms with E-state index in [0.29, 0.717) is 5.56 Å². The van der Waals surface area contributed by atoms with E-state index in [-0.39, 0.29) is 6.61 Å². The van der Waals surface area contributed by atoms with Crippen LogP contribution in [0, 0.1) is 0 Å². The van der Waals surface area contributed by atoms with E-state index in [2.05, 4.69) is 5.32 Å². The smallest absolute Gasteiger partial charge is 0.407 e. The van der Waals surface area contributed by atoms with Gasteiger partial charge in [-0.3, -0.25) is 0 Å². The molecular formula is C17H19NO4. The molecule has 2 aromatic rings. The summed E-state index contributed by atoms with van der Waals surface area (Å²) in [7, 11) is 0. The highest BCUT2D eigenvalue weighted by Crippen LogP contribution is 2.16. The summed E-state index contributed by atoms with van der Waals surface area (Å²) in [5.41, 5.74) is 1.48. The molecule has 3 N–H and O–H groups in total. The Morgan fingerprint density at radius 1 is 1.05 bits per heavy atom. The van der Waals surface area contributed by atoms with Crippen LogP contribution in [0.2, 0.25) is 0 Å². The summed E-state index contributed by atoms with van der Waals surface area (Å²) in [5, 5.41) is 22.0. The van der Waals surface area contributed by atoms with Crippen LogP contribution in [-0.2, 0) is 11.3 Å². The van der Waals surface area contributed by atoms with Crippen molar-refractivity contribution < 1.29 is 19.7 Å². The van der Waals surface area contributed by atoms with Crippen molar-refractivity contribution in [3.8, 4) is 0 Å². The van der Waals surface area contributed by atoms with E-state index < -0.39 is 24.8 Å². The van der Waals surface area contributed by atoms with Crippen LogP contribution < -0.4 is 5.32 Å². The summed E-state index contributed by atoms with van der Waals surface area (Å²) in [6.07, 6.45) is -1.69. The zero-order valence-electron chi connectivity index (χ0n) is 12.1. The number of alkyl carbamates (subject to hydrolysis) is 1. The third kappa shape index (κ3) is 4.58. The van der Waals surface area contributed by atoms with Crippen LogP contribution in [-0.4, -0.2) is 29.0 Å². The van der Waals surface area contributed by atoms with Gasteiger partial charge in [0.05, 0.1) is 12.6 Å². The number of amides is 1. The Morgan fingerprint density at radius 2 is 1.64 bits per heavy atom. The highest BCUT2D eigenvalue weighted by Gasteiger charge is 2.22. The molecule has 0 spiro atoms. The Labute approximate surface area is 129 Å². The Bertz CT molecular complexity index is 574. The van der Waals surface area contributed by atoms with E-state index in [0.717, 1.165) is 5.56 Å². The number of aliphatic hydroxyl groups is 2. The van der Waals surface area contributed by atoms with Crippen LogP contribution in [0.5, 0.6) is 0 Å². The number of aliphatic hydroxyl groups excluding tert-OH is 2. The predicted octanol–water partition coefficient (Wildman–Crippen LogP) is 2.01. The average Bonchev–Trinajstić information content (AvgIpc) is 2.59. The van der Waals surface area contributed by atoms with E-state index in [4.69, 9.17) is 4.74 Å². The molecule has 2 aromatic carbocycles. The minimum atomic E-state index is -1.00. The summed E-state index contributed by atoms with van der Waals surface area (Å²) in [6, 6.07) is 17.3. The Balaban J connectivity index is 1.88. The molecule has 0 bridgehead atoms. The minimum Gasteiger partial charge on any atom is -0.445 e. The van der Waals surface area contributed by atoms with Gasteiger partial charge in [-0.15, -0.1) is 0 Å². The molecule has 116 valence electrons. The van der Waals surface area contributed by atoms with Crippen molar-refractivity contribution in [1.29, 1.82) is 0 Å². The van der Waals surface area contributed by atoms with Gasteiger partial charge >= 0.3 is 6.09 Å². The van der Waals surface area contributed by atoms with Gasteiger partial charge in [0, 0.05) is 0 Å². The fraction of sp³-hybridized carbons (Fsp3) is 0.235. The summed E-state index contributed by atoms with van der Waals surface area (Å²) in [5.74, 6) is 0. The van der Waals surface area contributed by atoms with Gasteiger partial charge in [-0.2, -0.15) is 0 Å². The van der Waals surface area contributed by atoms with Gasteiger partial charge in [-0.25, -0.2) is 4.79 Å². The molecule has 0 aliphatic rings. The van der Waals surface area contributed by atoms with Gasteiger partial charge in [0.15, 0.2) is 0 Å². The average molecular weight is 301 g/mol. The molecule has 1 amide bonds. The number of hydrogen-bond acceptors (Lipinski definition) is 4. The van der Waals surface area contributed by atoms with Gasteiger partial charge in [0.2, 0.25) is 0 Å². The number of carbonyl (C=O) groups excluding carboxylic acids is 1. The predicted molar refractivity (Wildman–Crippen MR) is 82.0 cm³/mol. The van der Waals surface area contributed by atoms with E-state index in [1.54, 1.807) is 24.3 Å². The highest BCUT2D eigenvalue weighted by atomic mass is 16.5. The molecule has 0 saturated heterocycles. The standard InChI is InChI=1S/C17H19NO4/c19-11-15(16(20)14-9-5-2-6-10-14)18-17(21)22-12-13-7-3-1-4-8-13/h1-10,15-16,19-20H,11-12H2,(H,18,21)/t15-,16?/m1/s1. The van der Waals surface area contributed by atoms with Gasteiger partial charge in [-0.1, -0.05) is 60.7 Å². The second kappa shape index (κ2) is 8.17. The quantitative estimate of drug-likeness (QED) is 0.762. The topological polar surface area (TPSA) is 78.8 Å². The first-order valence-electron chi connectivity index (χ1n) is 7.02. The van der Waals surface area contributed by atoms with Crippen LogP contribution in [0.4, 0.5) is 4.79 Å². The largest absolute Gasteiger partial charge is 0.445 e. The summed E-state index contributed by atoms with van der Waals surface area (Å²) in [6.45, 7) is -0.261. The first-order valence-corrected chi connectivity index (χ1v) is 7.02. The lowest BCUT2D eigenvalue weighted by molar-refractivity contribution is 0.0763. The third-order valence-corrected chi connectivity index (χ3v) is 3.23. The number of nitrogens with one attached hydrogen (secondary N) is 1. The zero-order chi connectivity index (χ0) is 15.8. The SMILES string of the molecule is O=C(N[C@H](CO)C(O)c1ccccc1)OCc1ccccc1. The molecule has 0 saturated carbocycles. The number of benzene rings is 2. The van der Waals surface area contributed by atoms with Crippen LogP contribution in [0.3, 0.4) is 0 Å². The maximum absolute atomic E-state index is 11.8. The lowest BCUT2D eigenvalue weighted by Crippen LogP contribution is -2.42. The molecule has 0 aliphatic heterocycles. The maximum atomic E-state index is 11.8. The molecule has 2 atom stereocenters. The van der Waals surface area contributed by atoms with Crippen molar-refractivity contribution >= 4 is 6.09 Å². The fourth-order valence-corrected chi connectivity index (χ4v) is 2.02. The summed E-state index contributed by atoms with van der Waals surface area (Å²) >= 11 is 0. The van der Waals surface area contributed by atoms with Gasteiger partial charge in [0.1, 0.15) is 12.7 Å². The second-order valence-corrected chi connectivity index (χ2v) is 4.85. The molecule has 22 heavy (non-hydrogen) atoms. The Kier molecular flexibility index (Phi) is 5.94. The normalized spacial score (nSPS) is 13.2. The Morgan fingerprint density at radius 3 is 2.23 bits per heavy atom. The van der Waals surface area contributed by atoms with Gasteiger partial charge in [0.25, 0.3) is 0 Å². The van der Waals surface area contributed by atoms with Crippen LogP contribution >= 0.6 is 0 Å². The van der Waals surface area contributed by atoms with E-state index >= 15 is 0 Å². The second-order valence-electron chi connectivity index (χ2n) is 4.85. The molecule has 0 aromatic heterocycles. The van der Waals surface area contributed by atoms with Crippen molar-refractivity contribution in [2.45, 2.75) is 18.8 Å². The number of carbonyl (C=O) groups is 1. The van der Waals surface area contributed by atoms with Crippen molar-refractivity contribution in [3.63, 3.8) is 0 Å². The van der Waals surface area contributed by atoms with Crippen LogP contribution in [0.25, 0.3) is 0 Å². The molecular weight excluding hydrogens is 282 g/mol. The zero-order valence-corrected chi connectivity index (χ0v) is 12.1. The monoisotopic (exact) mass is 301 g/mol. The molecule has 0 radical (unpaired) electrons. The number of hydrogen-bond donors (Lipinski definition) is 3. The molecule has 1 unspecified atom stereocenters.